The van der Waals surface area contributed by atoms with E-state index >= 15 is 0 Å². The molecule has 3 aromatic heterocycles. The lowest BCUT2D eigenvalue weighted by molar-refractivity contribution is -0.113. The summed E-state index contributed by atoms with van der Waals surface area (Å²) in [6.45, 7) is 1.85. The first kappa shape index (κ1) is 39.8. The number of para-hydroxylation sites is 2. The highest BCUT2D eigenvalue weighted by Gasteiger charge is 2.22. The standard InChI is InChI=1S/C22H22N6O3S.C14H9N3O6S2/c1-13-19-20(23)28(14-8-10-15(30-2)11-9-14)22(25-21(19)27-26-13)32-12-18(29)24-16-6-4-5-7-17(16)31-3;18-13(19)7-4-8(14(20)21)6-9(5-7)17-25(22,23)11-3-1-2-10-12(11)16-24-15-10/h4-11,23H,12H2,1-3H3,(H,24,29)(H,26,27);1-6,17H,(H,18,19)(H,20,21). The van der Waals surface area contributed by atoms with Crippen LogP contribution in [-0.2, 0) is 14.8 Å². The van der Waals surface area contributed by atoms with Crippen molar-refractivity contribution in [3.63, 3.8) is 0 Å². The summed E-state index contributed by atoms with van der Waals surface area (Å²) in [5.41, 5.74) is 2.43. The fraction of sp³-hybridized carbons (Fsp3) is 0.111. The predicted octanol–water partition coefficient (Wildman–Crippen LogP) is 5.17. The third kappa shape index (κ3) is 8.85. The van der Waals surface area contributed by atoms with E-state index in [1.165, 1.54) is 23.9 Å². The Morgan fingerprint density at radius 2 is 1.63 bits per heavy atom. The second kappa shape index (κ2) is 16.9. The molecular formula is C36H31N9O9S3. The summed E-state index contributed by atoms with van der Waals surface area (Å²) in [6.07, 6.45) is 0. The number of anilines is 2. The molecule has 0 unspecified atom stereocenters. The minimum atomic E-state index is -4.13. The Morgan fingerprint density at radius 1 is 0.930 bits per heavy atom. The van der Waals surface area contributed by atoms with E-state index < -0.39 is 22.0 Å². The largest absolute Gasteiger partial charge is 0.497 e. The number of carbonyl (C=O) groups is 3. The van der Waals surface area contributed by atoms with E-state index in [1.54, 1.807) is 37.0 Å². The number of amides is 1. The van der Waals surface area contributed by atoms with E-state index in [0.29, 0.717) is 38.9 Å². The number of ether oxygens (including phenoxy) is 2. The zero-order valence-electron chi connectivity index (χ0n) is 30.0. The third-order valence-corrected chi connectivity index (χ3v) is 10.9. The first-order valence-corrected chi connectivity index (χ1v) is 19.6. The van der Waals surface area contributed by atoms with Crippen molar-refractivity contribution in [3.05, 3.63) is 107 Å². The minimum absolute atomic E-state index is 0.0928. The second-order valence-electron chi connectivity index (χ2n) is 11.8. The Bertz CT molecular complexity index is 2790. The molecule has 4 aromatic carbocycles. The Labute approximate surface area is 331 Å². The van der Waals surface area contributed by atoms with Gasteiger partial charge in [0, 0.05) is 11.4 Å². The predicted molar refractivity (Wildman–Crippen MR) is 211 cm³/mol. The summed E-state index contributed by atoms with van der Waals surface area (Å²) < 4.78 is 47.5. The minimum Gasteiger partial charge on any atom is -0.497 e. The van der Waals surface area contributed by atoms with Crippen molar-refractivity contribution in [1.82, 2.24) is 28.5 Å². The molecule has 0 radical (unpaired) electrons. The molecule has 21 heteroatoms. The lowest BCUT2D eigenvalue weighted by Crippen LogP contribution is -2.23. The number of sulfonamides is 1. The van der Waals surface area contributed by atoms with E-state index in [-0.39, 0.29) is 44.4 Å². The molecule has 57 heavy (non-hydrogen) atoms. The van der Waals surface area contributed by atoms with E-state index in [2.05, 4.69) is 34.0 Å². The summed E-state index contributed by atoms with van der Waals surface area (Å²) in [5.74, 6) is -1.59. The first-order chi connectivity index (χ1) is 27.3. The summed E-state index contributed by atoms with van der Waals surface area (Å²) in [6, 6.07) is 22.0. The monoisotopic (exact) mass is 829 g/mol. The highest BCUT2D eigenvalue weighted by atomic mass is 32.2. The molecule has 3 heterocycles. The molecule has 1 amide bonds. The smallest absolute Gasteiger partial charge is 0.335 e. The van der Waals surface area contributed by atoms with Gasteiger partial charge in [0.15, 0.2) is 10.8 Å². The zero-order chi connectivity index (χ0) is 40.9. The van der Waals surface area contributed by atoms with Crippen LogP contribution in [0.1, 0.15) is 26.4 Å². The maximum atomic E-state index is 12.6. The van der Waals surface area contributed by atoms with Crippen molar-refractivity contribution in [3.8, 4) is 17.2 Å². The number of aromatic amines is 1. The van der Waals surface area contributed by atoms with Crippen LogP contribution in [0.2, 0.25) is 0 Å². The fourth-order valence-electron chi connectivity index (χ4n) is 5.40. The van der Waals surface area contributed by atoms with Crippen LogP contribution < -0.4 is 25.0 Å². The molecule has 0 atom stereocenters. The van der Waals surface area contributed by atoms with Gasteiger partial charge in [-0.2, -0.15) is 13.8 Å². The van der Waals surface area contributed by atoms with Crippen LogP contribution in [0.5, 0.6) is 11.5 Å². The number of thioether (sulfide) groups is 1. The van der Waals surface area contributed by atoms with E-state index in [9.17, 15) is 22.8 Å². The summed E-state index contributed by atoms with van der Waals surface area (Å²) >= 11 is 2.08. The number of benzene rings is 4. The molecular weight excluding hydrogens is 799 g/mol. The lowest BCUT2D eigenvalue weighted by atomic mass is 10.1. The van der Waals surface area contributed by atoms with Crippen LogP contribution in [0.3, 0.4) is 0 Å². The van der Waals surface area contributed by atoms with Gasteiger partial charge in [-0.15, -0.1) is 0 Å². The van der Waals surface area contributed by atoms with Gasteiger partial charge < -0.3 is 25.0 Å². The number of methoxy groups -OCH3 is 2. The number of carboxylic acids is 2. The molecule has 0 saturated heterocycles. The molecule has 7 aromatic rings. The Hall–Kier alpha value is -6.84. The number of aryl methyl sites for hydroxylation is 1. The van der Waals surface area contributed by atoms with E-state index in [4.69, 9.17) is 25.1 Å². The summed E-state index contributed by atoms with van der Waals surface area (Å²) in [7, 11) is -0.973. The van der Waals surface area contributed by atoms with Crippen LogP contribution in [0.4, 0.5) is 11.4 Å². The zero-order valence-corrected chi connectivity index (χ0v) is 32.5. The van der Waals surface area contributed by atoms with Crippen LogP contribution >= 0.6 is 23.5 Å². The molecule has 0 aliphatic rings. The quantitative estimate of drug-likeness (QED) is 0.0686. The van der Waals surface area contributed by atoms with Gasteiger partial charge in [0.2, 0.25) is 5.91 Å². The molecule has 0 fully saturated rings. The molecule has 7 rings (SSSR count). The average molecular weight is 830 g/mol. The van der Waals surface area contributed by atoms with Gasteiger partial charge in [0.05, 0.1) is 59.6 Å². The van der Waals surface area contributed by atoms with Crippen molar-refractivity contribution in [1.29, 1.82) is 5.41 Å². The second-order valence-corrected chi connectivity index (χ2v) is 14.9. The van der Waals surface area contributed by atoms with Gasteiger partial charge in [-0.25, -0.2) is 23.0 Å². The number of aromatic carboxylic acids is 2. The number of nitrogens with zero attached hydrogens (tertiary/aromatic N) is 5. The number of rotatable bonds is 12. The molecule has 0 bridgehead atoms. The van der Waals surface area contributed by atoms with Gasteiger partial charge in [0.1, 0.15) is 32.9 Å². The first-order valence-electron chi connectivity index (χ1n) is 16.4. The number of H-pyrrole nitrogens is 1. The van der Waals surface area contributed by atoms with E-state index in [0.717, 1.165) is 41.3 Å². The van der Waals surface area contributed by atoms with E-state index in [1.807, 2.05) is 43.3 Å². The fourth-order valence-corrected chi connectivity index (χ4v) is 8.02. The number of fused-ring (bicyclic) bond motifs is 2. The maximum Gasteiger partial charge on any atom is 0.335 e. The Morgan fingerprint density at radius 3 is 2.30 bits per heavy atom. The van der Waals surface area contributed by atoms with Crippen molar-refractivity contribution >= 4 is 84.8 Å². The highest BCUT2D eigenvalue weighted by molar-refractivity contribution is 7.99. The normalized spacial score (nSPS) is 11.1. The van der Waals surface area contributed by atoms with Crippen LogP contribution in [0.25, 0.3) is 27.8 Å². The summed E-state index contributed by atoms with van der Waals surface area (Å²) in [5, 5.41) is 38.0. The van der Waals surface area contributed by atoms with Crippen molar-refractivity contribution in [2.45, 2.75) is 17.0 Å². The third-order valence-electron chi connectivity index (χ3n) is 8.04. The summed E-state index contributed by atoms with van der Waals surface area (Å²) in [4.78, 5) is 39.3. The SMILES string of the molecule is COc1ccc(-n2c(SCC(=O)Nc3ccccc3OC)nc3n[nH]c(C)c3c2=N)cc1.O=C(O)c1cc(NS(=O)(=O)c2cccc3nsnc23)cc(C(=O)O)c1. The molecule has 0 spiro atoms. The average Bonchev–Trinajstić information content (AvgIpc) is 3.84. The number of nitrogens with one attached hydrogen (secondary N) is 4. The van der Waals surface area contributed by atoms with Crippen LogP contribution in [0.15, 0.2) is 95.0 Å². The number of carbonyl (C=O) groups excluding carboxylic acids is 1. The molecule has 292 valence electrons. The van der Waals surface area contributed by atoms with Crippen molar-refractivity contribution < 1.29 is 42.5 Å². The molecule has 0 aliphatic carbocycles. The maximum absolute atomic E-state index is 12.6. The molecule has 0 aliphatic heterocycles. The molecule has 0 saturated carbocycles. The van der Waals surface area contributed by atoms with Crippen molar-refractivity contribution in [2.75, 3.05) is 30.0 Å². The lowest BCUT2D eigenvalue weighted by Gasteiger charge is -2.14. The Balaban J connectivity index is 0.000000199. The van der Waals surface area contributed by atoms with Crippen LogP contribution in [-0.4, -0.2) is 84.9 Å². The number of hydrogen-bond donors (Lipinski definition) is 6. The van der Waals surface area contributed by atoms with Gasteiger partial charge >= 0.3 is 11.9 Å². The van der Waals surface area contributed by atoms with Gasteiger partial charge in [-0.05, 0) is 73.7 Å². The van der Waals surface area contributed by atoms with Gasteiger partial charge in [-0.1, -0.05) is 30.0 Å². The number of aromatic nitrogens is 6. The Kier molecular flexibility index (Phi) is 11.8. The van der Waals surface area contributed by atoms with Crippen molar-refractivity contribution in [2.24, 2.45) is 0 Å². The topological polar surface area (TPSA) is 264 Å². The number of hydrogen-bond acceptors (Lipinski definition) is 14. The van der Waals surface area contributed by atoms with Crippen LogP contribution in [0, 0.1) is 12.3 Å². The van der Waals surface area contributed by atoms with Gasteiger partial charge in [0.25, 0.3) is 10.0 Å². The molecule has 18 nitrogen and oxygen atoms in total. The van der Waals surface area contributed by atoms with Gasteiger partial charge in [-0.3, -0.25) is 24.6 Å². The molecule has 6 N–H and O–H groups in total. The number of carboxylic acid groups (broad SMARTS) is 2. The highest BCUT2D eigenvalue weighted by Crippen LogP contribution is 2.27.